The Balaban J connectivity index is 2.02. The number of unbranched alkanes of at least 4 members (excludes halogenated alkanes) is 1. The Morgan fingerprint density at radius 1 is 1.20 bits per heavy atom. The molecule has 0 fully saturated rings. The molecule has 6 heteroatoms. The van der Waals surface area contributed by atoms with Gasteiger partial charge >= 0.3 is 0 Å². The summed E-state index contributed by atoms with van der Waals surface area (Å²) in [5, 5.41) is 18.7. The van der Waals surface area contributed by atoms with E-state index in [4.69, 9.17) is 12.2 Å². The van der Waals surface area contributed by atoms with Crippen molar-refractivity contribution in [1.82, 2.24) is 19.6 Å². The van der Waals surface area contributed by atoms with Crippen molar-refractivity contribution in [2.24, 2.45) is 0 Å². The van der Waals surface area contributed by atoms with Crippen LogP contribution in [0.5, 0.6) is 5.75 Å². The van der Waals surface area contributed by atoms with Crippen molar-refractivity contribution in [3.05, 3.63) is 64.7 Å². The molecule has 0 saturated carbocycles. The lowest BCUT2D eigenvalue weighted by Crippen LogP contribution is -2.12. The fourth-order valence-electron chi connectivity index (χ4n) is 2.94. The minimum Gasteiger partial charge on any atom is -0.505 e. The van der Waals surface area contributed by atoms with Crippen LogP contribution < -0.4 is 0 Å². The van der Waals surface area contributed by atoms with E-state index in [1.807, 2.05) is 35.2 Å². The molecule has 1 atom stereocenters. The third kappa shape index (κ3) is 3.64. The number of aromatic hydroxyl groups is 1. The normalized spacial score (nSPS) is 12.2. The molecule has 0 radical (unpaired) electrons. The third-order valence-corrected chi connectivity index (χ3v) is 4.76. The standard InChI is InChI=1S/C19H22N4OS/c1-3-4-9-17(22-12-7-11-18(24)19(22)25)15-13-23(21-20-15)16-10-6-5-8-14(16)2/h5-8,10-13,17,24H,3-4,9H2,1-2H3. The van der Waals surface area contributed by atoms with E-state index < -0.39 is 0 Å². The Morgan fingerprint density at radius 2 is 2.00 bits per heavy atom. The maximum absolute atomic E-state index is 9.97. The summed E-state index contributed by atoms with van der Waals surface area (Å²) < 4.78 is 4.14. The Hall–Kier alpha value is -2.47. The zero-order valence-electron chi connectivity index (χ0n) is 14.5. The maximum atomic E-state index is 9.97. The molecule has 0 spiro atoms. The van der Waals surface area contributed by atoms with Crippen LogP contribution in [0.4, 0.5) is 0 Å². The van der Waals surface area contributed by atoms with Gasteiger partial charge in [0.1, 0.15) is 16.1 Å². The van der Waals surface area contributed by atoms with Crippen LogP contribution in [0.3, 0.4) is 0 Å². The lowest BCUT2D eigenvalue weighted by molar-refractivity contribution is 0.443. The molecule has 1 unspecified atom stereocenters. The Morgan fingerprint density at radius 3 is 2.76 bits per heavy atom. The summed E-state index contributed by atoms with van der Waals surface area (Å²) in [4.78, 5) is 0. The lowest BCUT2D eigenvalue weighted by atomic mass is 10.1. The van der Waals surface area contributed by atoms with Crippen LogP contribution in [0.2, 0.25) is 0 Å². The zero-order valence-corrected chi connectivity index (χ0v) is 15.3. The van der Waals surface area contributed by atoms with Crippen molar-refractivity contribution in [2.75, 3.05) is 0 Å². The highest BCUT2D eigenvalue weighted by Gasteiger charge is 2.18. The summed E-state index contributed by atoms with van der Waals surface area (Å²) >= 11 is 5.40. The maximum Gasteiger partial charge on any atom is 0.150 e. The van der Waals surface area contributed by atoms with Crippen LogP contribution in [-0.2, 0) is 0 Å². The lowest BCUT2D eigenvalue weighted by Gasteiger charge is -2.18. The quantitative estimate of drug-likeness (QED) is 0.658. The largest absolute Gasteiger partial charge is 0.505 e. The molecule has 0 saturated heterocycles. The molecule has 2 aromatic heterocycles. The molecule has 0 aliphatic rings. The molecule has 1 aromatic carbocycles. The first kappa shape index (κ1) is 17.4. The van der Waals surface area contributed by atoms with Crippen LogP contribution in [0.25, 0.3) is 5.69 Å². The Labute approximate surface area is 152 Å². The van der Waals surface area contributed by atoms with Crippen molar-refractivity contribution in [2.45, 2.75) is 39.2 Å². The van der Waals surface area contributed by atoms with Crippen LogP contribution in [0, 0.1) is 11.6 Å². The first-order chi connectivity index (χ1) is 12.1. The molecule has 3 rings (SSSR count). The molecule has 130 valence electrons. The second-order valence-corrected chi connectivity index (χ2v) is 6.53. The number of aryl methyl sites for hydroxylation is 1. The van der Waals surface area contributed by atoms with E-state index in [1.165, 1.54) is 0 Å². The third-order valence-electron chi connectivity index (χ3n) is 4.34. The molecule has 1 N–H and O–H groups in total. The molecular formula is C19H22N4OS. The number of hydrogen-bond donors (Lipinski definition) is 1. The van der Waals surface area contributed by atoms with Gasteiger partial charge in [0.05, 0.1) is 17.9 Å². The van der Waals surface area contributed by atoms with Crippen LogP contribution in [-0.4, -0.2) is 24.7 Å². The summed E-state index contributed by atoms with van der Waals surface area (Å²) in [6.45, 7) is 4.21. The number of pyridine rings is 1. The Kier molecular flexibility index (Phi) is 5.28. The van der Waals surface area contributed by atoms with Crippen molar-refractivity contribution < 1.29 is 5.11 Å². The van der Waals surface area contributed by atoms with Gasteiger partial charge in [0.15, 0.2) is 0 Å². The van der Waals surface area contributed by atoms with E-state index in [0.29, 0.717) is 4.64 Å². The predicted molar refractivity (Wildman–Crippen MR) is 101 cm³/mol. The molecule has 3 aromatic rings. The molecule has 0 aliphatic carbocycles. The summed E-state index contributed by atoms with van der Waals surface area (Å²) in [6.07, 6.45) is 6.86. The molecular weight excluding hydrogens is 332 g/mol. The number of nitrogens with zero attached hydrogens (tertiary/aromatic N) is 4. The molecule has 25 heavy (non-hydrogen) atoms. The number of rotatable bonds is 6. The molecule has 0 bridgehead atoms. The number of aromatic nitrogens is 4. The Bertz CT molecular complexity index is 916. The average molecular weight is 354 g/mol. The second-order valence-electron chi connectivity index (χ2n) is 6.14. The minimum absolute atomic E-state index is 0.0441. The topological polar surface area (TPSA) is 55.9 Å². The SMILES string of the molecule is CCCCC(c1cn(-c2ccccc2C)nn1)n1cccc(O)c1=S. The van der Waals surface area contributed by atoms with Crippen molar-refractivity contribution in [1.29, 1.82) is 0 Å². The van der Waals surface area contributed by atoms with Gasteiger partial charge in [-0.1, -0.05) is 55.4 Å². The zero-order chi connectivity index (χ0) is 17.8. The number of hydrogen-bond acceptors (Lipinski definition) is 4. The van der Waals surface area contributed by atoms with E-state index in [1.54, 1.807) is 16.8 Å². The number of benzene rings is 1. The van der Waals surface area contributed by atoms with Gasteiger partial charge in [0, 0.05) is 6.20 Å². The summed E-state index contributed by atoms with van der Waals surface area (Å²) in [5.41, 5.74) is 2.99. The van der Waals surface area contributed by atoms with Crippen molar-refractivity contribution >= 4 is 12.2 Å². The summed E-state index contributed by atoms with van der Waals surface area (Å²) in [7, 11) is 0. The molecule has 0 amide bonds. The highest BCUT2D eigenvalue weighted by Crippen LogP contribution is 2.26. The van der Waals surface area contributed by atoms with E-state index in [0.717, 1.165) is 36.2 Å². The highest BCUT2D eigenvalue weighted by atomic mass is 32.1. The van der Waals surface area contributed by atoms with E-state index in [2.05, 4.69) is 30.2 Å². The fraction of sp³-hybridized carbons (Fsp3) is 0.316. The molecule has 5 nitrogen and oxygen atoms in total. The van der Waals surface area contributed by atoms with Crippen LogP contribution in [0.15, 0.2) is 48.8 Å². The van der Waals surface area contributed by atoms with E-state index in [-0.39, 0.29) is 11.8 Å². The monoisotopic (exact) mass is 354 g/mol. The predicted octanol–water partition coefficient (Wildman–Crippen LogP) is 4.59. The first-order valence-corrected chi connectivity index (χ1v) is 8.91. The van der Waals surface area contributed by atoms with Gasteiger partial charge < -0.3 is 9.67 Å². The van der Waals surface area contributed by atoms with Gasteiger partial charge in [0.25, 0.3) is 0 Å². The second kappa shape index (κ2) is 7.61. The van der Waals surface area contributed by atoms with Crippen LogP contribution >= 0.6 is 12.2 Å². The van der Waals surface area contributed by atoms with E-state index >= 15 is 0 Å². The van der Waals surface area contributed by atoms with Crippen LogP contribution in [0.1, 0.15) is 43.5 Å². The average Bonchev–Trinajstić information content (AvgIpc) is 3.09. The fourth-order valence-corrected chi connectivity index (χ4v) is 3.19. The number of para-hydroxylation sites is 1. The summed E-state index contributed by atoms with van der Waals surface area (Å²) in [5.74, 6) is 0.116. The van der Waals surface area contributed by atoms with Crippen molar-refractivity contribution in [3.63, 3.8) is 0 Å². The van der Waals surface area contributed by atoms with Gasteiger partial charge in [-0.2, -0.15) is 0 Å². The summed E-state index contributed by atoms with van der Waals surface area (Å²) in [6, 6.07) is 11.4. The molecule has 2 heterocycles. The van der Waals surface area contributed by atoms with E-state index in [9.17, 15) is 5.11 Å². The molecule has 0 aliphatic heterocycles. The van der Waals surface area contributed by atoms with Gasteiger partial charge in [-0.3, -0.25) is 0 Å². The smallest absolute Gasteiger partial charge is 0.150 e. The van der Waals surface area contributed by atoms with Gasteiger partial charge in [0.2, 0.25) is 0 Å². The van der Waals surface area contributed by atoms with Gasteiger partial charge in [-0.05, 0) is 37.1 Å². The first-order valence-electron chi connectivity index (χ1n) is 8.50. The highest BCUT2D eigenvalue weighted by molar-refractivity contribution is 7.71. The van der Waals surface area contributed by atoms with Gasteiger partial charge in [-0.25, -0.2) is 4.68 Å². The van der Waals surface area contributed by atoms with Crippen molar-refractivity contribution in [3.8, 4) is 11.4 Å². The minimum atomic E-state index is -0.0441. The van der Waals surface area contributed by atoms with Gasteiger partial charge in [-0.15, -0.1) is 5.10 Å².